The molecule has 0 saturated carbocycles. The van der Waals surface area contributed by atoms with Gasteiger partial charge in [0, 0.05) is 20.0 Å². The molecule has 24 heavy (non-hydrogen) atoms. The van der Waals surface area contributed by atoms with Crippen molar-refractivity contribution in [2.24, 2.45) is 0 Å². The normalized spacial score (nSPS) is 17.4. The minimum atomic E-state index is -0.660. The lowest BCUT2D eigenvalue weighted by Gasteiger charge is -2.37. The topological polar surface area (TPSA) is 102 Å². The van der Waals surface area contributed by atoms with Crippen LogP contribution in [0.1, 0.15) is 63.4 Å². The number of nitrogens with zero attached hydrogens (tertiary/aromatic N) is 3. The molecule has 2 heterocycles. The number of hydrogen-bond acceptors (Lipinski definition) is 6. The Morgan fingerprint density at radius 3 is 2.46 bits per heavy atom. The summed E-state index contributed by atoms with van der Waals surface area (Å²) < 4.78 is 6.73. The van der Waals surface area contributed by atoms with E-state index in [1.165, 1.54) is 16.4 Å². The molecule has 1 amide bonds. The number of aromatic hydroxyl groups is 1. The molecule has 0 spiro atoms. The smallest absolute Gasteiger partial charge is 0.410 e. The molecule has 8 nitrogen and oxygen atoms in total. The molecule has 1 aromatic rings. The summed E-state index contributed by atoms with van der Waals surface area (Å²) in [6.07, 6.45) is 0.000610. The lowest BCUT2D eigenvalue weighted by atomic mass is 10.1. The summed E-state index contributed by atoms with van der Waals surface area (Å²) >= 11 is 0. The molecule has 0 bridgehead atoms. The van der Waals surface area contributed by atoms with Crippen LogP contribution in [0.3, 0.4) is 0 Å². The van der Waals surface area contributed by atoms with E-state index in [0.717, 1.165) is 0 Å². The van der Waals surface area contributed by atoms with Crippen molar-refractivity contribution in [1.29, 1.82) is 0 Å². The maximum absolute atomic E-state index is 12.4. The van der Waals surface area contributed by atoms with Gasteiger partial charge in [0.25, 0.3) is 5.56 Å². The molecule has 2 rings (SSSR count). The van der Waals surface area contributed by atoms with Crippen LogP contribution in [-0.2, 0) is 11.3 Å². The monoisotopic (exact) mass is 337 g/mol. The van der Waals surface area contributed by atoms with Gasteiger partial charge in [-0.25, -0.2) is 9.78 Å². The Labute approximate surface area is 140 Å². The van der Waals surface area contributed by atoms with Crippen LogP contribution in [0.15, 0.2) is 4.79 Å². The van der Waals surface area contributed by atoms with E-state index in [2.05, 4.69) is 4.98 Å². The van der Waals surface area contributed by atoms with E-state index in [4.69, 9.17) is 4.74 Å². The van der Waals surface area contributed by atoms with E-state index in [0.29, 0.717) is 12.2 Å². The molecule has 0 radical (unpaired) electrons. The van der Waals surface area contributed by atoms with E-state index in [1.807, 2.05) is 6.92 Å². The van der Waals surface area contributed by atoms with Gasteiger partial charge < -0.3 is 9.84 Å². The van der Waals surface area contributed by atoms with Crippen LogP contribution in [-0.4, -0.2) is 43.6 Å². The Hall–Kier alpha value is -2.38. The number of fused-ring (bicyclic) bond motifs is 1. The fourth-order valence-corrected chi connectivity index (χ4v) is 2.72. The van der Waals surface area contributed by atoms with Gasteiger partial charge in [-0.15, -0.1) is 0 Å². The average molecular weight is 337 g/mol. The van der Waals surface area contributed by atoms with Crippen molar-refractivity contribution in [3.63, 3.8) is 0 Å². The molecule has 0 saturated heterocycles. The maximum Gasteiger partial charge on any atom is 0.410 e. The summed E-state index contributed by atoms with van der Waals surface area (Å²) in [6, 6.07) is -0.500. The minimum absolute atomic E-state index is 0.183. The highest BCUT2D eigenvalue weighted by Gasteiger charge is 2.35. The summed E-state index contributed by atoms with van der Waals surface area (Å²) in [5, 5.41) is 9.89. The number of rotatable bonds is 2. The molecular formula is C16H23N3O5. The van der Waals surface area contributed by atoms with Gasteiger partial charge in [-0.05, 0) is 27.2 Å². The summed E-state index contributed by atoms with van der Waals surface area (Å²) in [6.45, 7) is 8.86. The van der Waals surface area contributed by atoms with Gasteiger partial charge in [0.2, 0.25) is 5.75 Å². The minimum Gasteiger partial charge on any atom is -0.501 e. The molecule has 0 fully saturated rings. The molecule has 132 valence electrons. The Balaban J connectivity index is 2.50. The highest BCUT2D eigenvalue weighted by Crippen LogP contribution is 2.29. The van der Waals surface area contributed by atoms with Crippen molar-refractivity contribution in [2.75, 3.05) is 6.54 Å². The summed E-state index contributed by atoms with van der Waals surface area (Å²) in [4.78, 5) is 42.0. The zero-order valence-corrected chi connectivity index (χ0v) is 14.6. The molecule has 1 atom stereocenters. The van der Waals surface area contributed by atoms with Crippen molar-refractivity contribution >= 4 is 11.9 Å². The number of Topliss-reactive ketones (excluding diaryl/α,β-unsaturated/α-hetero) is 1. The van der Waals surface area contributed by atoms with Crippen LogP contribution in [0.2, 0.25) is 0 Å². The third kappa shape index (κ3) is 3.27. The van der Waals surface area contributed by atoms with E-state index in [9.17, 15) is 19.5 Å². The Bertz CT molecular complexity index is 732. The second kappa shape index (κ2) is 6.26. The van der Waals surface area contributed by atoms with Gasteiger partial charge in [0.15, 0.2) is 11.5 Å². The van der Waals surface area contributed by atoms with Crippen molar-refractivity contribution in [2.45, 2.75) is 59.2 Å². The highest BCUT2D eigenvalue weighted by molar-refractivity contribution is 5.94. The van der Waals surface area contributed by atoms with Gasteiger partial charge in [-0.3, -0.25) is 19.1 Å². The van der Waals surface area contributed by atoms with Crippen LogP contribution < -0.4 is 5.56 Å². The van der Waals surface area contributed by atoms with Crippen molar-refractivity contribution in [3.05, 3.63) is 21.9 Å². The van der Waals surface area contributed by atoms with Gasteiger partial charge >= 0.3 is 6.09 Å². The highest BCUT2D eigenvalue weighted by atomic mass is 16.6. The first-order valence-electron chi connectivity index (χ1n) is 7.91. The van der Waals surface area contributed by atoms with Crippen LogP contribution in [0.25, 0.3) is 0 Å². The van der Waals surface area contributed by atoms with E-state index < -0.39 is 34.8 Å². The van der Waals surface area contributed by atoms with Crippen molar-refractivity contribution < 1.29 is 19.4 Å². The third-order valence-corrected chi connectivity index (χ3v) is 3.76. The number of aromatic nitrogens is 2. The van der Waals surface area contributed by atoms with Crippen LogP contribution in [0.4, 0.5) is 4.79 Å². The fourth-order valence-electron chi connectivity index (χ4n) is 2.72. The SMILES string of the molecule is CCC1c2nc(C(C)=O)c(O)c(=O)n2CCN1C(=O)OC(C)(C)C. The Morgan fingerprint density at radius 1 is 1.33 bits per heavy atom. The van der Waals surface area contributed by atoms with Crippen LogP contribution in [0.5, 0.6) is 5.75 Å². The molecule has 0 aliphatic carbocycles. The number of carbonyl (C=O) groups excluding carboxylic acids is 2. The standard InChI is InChI=1S/C16H23N3O5/c1-6-10-13-17-11(9(2)20)12(21)14(22)19(13)8-7-18(10)15(23)24-16(3,4)5/h10,21H,6-8H2,1-5H3. The zero-order chi connectivity index (χ0) is 18.2. The fraction of sp³-hybridized carbons (Fsp3) is 0.625. The Kier molecular flexibility index (Phi) is 4.68. The largest absolute Gasteiger partial charge is 0.501 e. The molecular weight excluding hydrogens is 314 g/mol. The van der Waals surface area contributed by atoms with Gasteiger partial charge in [-0.1, -0.05) is 6.92 Å². The van der Waals surface area contributed by atoms with Gasteiger partial charge in [0.1, 0.15) is 11.4 Å². The van der Waals surface area contributed by atoms with E-state index in [1.54, 1.807) is 20.8 Å². The van der Waals surface area contributed by atoms with Crippen molar-refractivity contribution in [1.82, 2.24) is 14.5 Å². The summed E-state index contributed by atoms with van der Waals surface area (Å²) in [5.41, 5.74) is -1.57. The van der Waals surface area contributed by atoms with E-state index in [-0.39, 0.29) is 18.8 Å². The molecule has 1 aliphatic heterocycles. The van der Waals surface area contributed by atoms with Crippen molar-refractivity contribution in [3.8, 4) is 5.75 Å². The molecule has 1 N–H and O–H groups in total. The lowest BCUT2D eigenvalue weighted by molar-refractivity contribution is 0.00884. The summed E-state index contributed by atoms with van der Waals surface area (Å²) in [7, 11) is 0. The molecule has 8 heteroatoms. The van der Waals surface area contributed by atoms with E-state index >= 15 is 0 Å². The quantitative estimate of drug-likeness (QED) is 0.826. The number of amides is 1. The molecule has 1 aliphatic rings. The average Bonchev–Trinajstić information content (AvgIpc) is 2.47. The van der Waals surface area contributed by atoms with Gasteiger partial charge in [0.05, 0.1) is 6.04 Å². The first-order valence-corrected chi connectivity index (χ1v) is 7.91. The second-order valence-corrected chi connectivity index (χ2v) is 6.78. The molecule has 0 aromatic carbocycles. The molecule has 1 aromatic heterocycles. The van der Waals surface area contributed by atoms with Gasteiger partial charge in [-0.2, -0.15) is 0 Å². The number of ether oxygens (including phenoxy) is 1. The Morgan fingerprint density at radius 2 is 1.96 bits per heavy atom. The summed E-state index contributed by atoms with van der Waals surface area (Å²) in [5.74, 6) is -0.855. The predicted octanol–water partition coefficient (Wildman–Crippen LogP) is 1.85. The first-order chi connectivity index (χ1) is 11.1. The first kappa shape index (κ1) is 18.0. The predicted molar refractivity (Wildman–Crippen MR) is 86.1 cm³/mol. The lowest BCUT2D eigenvalue weighted by Crippen LogP contribution is -2.47. The zero-order valence-electron chi connectivity index (χ0n) is 14.6. The number of hydrogen-bond donors (Lipinski definition) is 1. The number of ketones is 1. The van der Waals surface area contributed by atoms with Crippen LogP contribution in [0, 0.1) is 0 Å². The maximum atomic E-state index is 12.4. The number of carbonyl (C=O) groups is 2. The second-order valence-electron chi connectivity index (χ2n) is 6.78. The molecule has 1 unspecified atom stereocenters. The third-order valence-electron chi connectivity index (χ3n) is 3.76. The van der Waals surface area contributed by atoms with Crippen LogP contribution >= 0.6 is 0 Å².